The molecular formula is C22H36O2. The van der Waals surface area contributed by atoms with Gasteiger partial charge < -0.3 is 4.74 Å². The van der Waals surface area contributed by atoms with Gasteiger partial charge in [-0.15, -0.1) is 0 Å². The van der Waals surface area contributed by atoms with E-state index in [0.717, 1.165) is 17.6 Å². The van der Waals surface area contributed by atoms with E-state index in [1.54, 1.807) is 0 Å². The fourth-order valence-corrected chi connectivity index (χ4v) is 2.40. The van der Waals surface area contributed by atoms with Gasteiger partial charge in [-0.3, -0.25) is 4.79 Å². The Kier molecular flexibility index (Phi) is 13.2. The molecule has 24 heavy (non-hydrogen) atoms. The number of hydrogen-bond acceptors (Lipinski definition) is 2. The molecular weight excluding hydrogens is 296 g/mol. The molecule has 0 rings (SSSR count). The standard InChI is InChI=1S/C22H36O2/c1-7-10-13-18(4)16-22(23)21(19(5)14-11-8-2)17-24-20(6)15-12-9-3/h7-8,10-11,13-14,20-21H,9,12,15-17H2,1-6H3/b10-7-,11-8-,18-13+,19-14+. The number of carbonyl (C=O) groups is 1. The van der Waals surface area contributed by atoms with Crippen molar-refractivity contribution in [1.82, 2.24) is 0 Å². The van der Waals surface area contributed by atoms with E-state index in [1.807, 2.05) is 64.2 Å². The normalized spacial score (nSPS) is 16.1. The highest BCUT2D eigenvalue weighted by Crippen LogP contribution is 2.19. The van der Waals surface area contributed by atoms with E-state index in [2.05, 4.69) is 13.8 Å². The van der Waals surface area contributed by atoms with Crippen molar-refractivity contribution in [3.05, 3.63) is 47.6 Å². The minimum Gasteiger partial charge on any atom is -0.377 e. The summed E-state index contributed by atoms with van der Waals surface area (Å²) in [7, 11) is 0. The Morgan fingerprint density at radius 2 is 1.71 bits per heavy atom. The lowest BCUT2D eigenvalue weighted by Gasteiger charge is -2.20. The van der Waals surface area contributed by atoms with Crippen LogP contribution in [-0.4, -0.2) is 18.5 Å². The molecule has 0 fully saturated rings. The third-order valence-corrected chi connectivity index (χ3v) is 4.03. The number of ketones is 1. The molecule has 0 aliphatic rings. The number of rotatable bonds is 12. The number of hydrogen-bond donors (Lipinski definition) is 0. The monoisotopic (exact) mass is 332 g/mol. The Balaban J connectivity index is 4.95. The number of Topliss-reactive ketones (excluding diaryl/α,β-unsaturated/α-hetero) is 1. The molecule has 0 saturated carbocycles. The van der Waals surface area contributed by atoms with Crippen LogP contribution < -0.4 is 0 Å². The highest BCUT2D eigenvalue weighted by molar-refractivity contribution is 5.85. The van der Waals surface area contributed by atoms with Crippen molar-refractivity contribution in [2.45, 2.75) is 73.3 Å². The average molecular weight is 333 g/mol. The fraction of sp³-hybridized carbons (Fsp3) is 0.591. The lowest BCUT2D eigenvalue weighted by atomic mass is 9.92. The fourth-order valence-electron chi connectivity index (χ4n) is 2.40. The molecule has 0 bridgehead atoms. The molecule has 2 heteroatoms. The third kappa shape index (κ3) is 10.4. The summed E-state index contributed by atoms with van der Waals surface area (Å²) in [6, 6.07) is 0. The highest BCUT2D eigenvalue weighted by Gasteiger charge is 2.21. The van der Waals surface area contributed by atoms with E-state index in [4.69, 9.17) is 4.74 Å². The molecule has 0 radical (unpaired) electrons. The number of unbranched alkanes of at least 4 members (excludes halogenated alkanes) is 1. The molecule has 0 aromatic carbocycles. The van der Waals surface area contributed by atoms with Gasteiger partial charge in [-0.05, 0) is 41.0 Å². The van der Waals surface area contributed by atoms with Crippen molar-refractivity contribution in [2.24, 2.45) is 5.92 Å². The minimum atomic E-state index is -0.167. The maximum Gasteiger partial charge on any atom is 0.146 e. The number of carbonyl (C=O) groups excluding carboxylic acids is 1. The van der Waals surface area contributed by atoms with Crippen LogP contribution in [0.1, 0.15) is 67.2 Å². The van der Waals surface area contributed by atoms with E-state index in [0.29, 0.717) is 13.0 Å². The Morgan fingerprint density at radius 3 is 2.29 bits per heavy atom. The Labute approximate surface area is 149 Å². The van der Waals surface area contributed by atoms with Crippen molar-refractivity contribution >= 4 is 5.78 Å². The predicted molar refractivity (Wildman–Crippen MR) is 105 cm³/mol. The SMILES string of the molecule is C/C=C\C=C(/C)CC(=O)C(COC(C)CCCC)/C(C)=C/C=C\C. The maximum absolute atomic E-state index is 12.7. The molecule has 0 N–H and O–H groups in total. The highest BCUT2D eigenvalue weighted by atomic mass is 16.5. The maximum atomic E-state index is 12.7. The molecule has 2 unspecified atom stereocenters. The summed E-state index contributed by atoms with van der Waals surface area (Å²) in [5.74, 6) is 0.0634. The lowest BCUT2D eigenvalue weighted by molar-refractivity contribution is -0.123. The molecule has 136 valence electrons. The van der Waals surface area contributed by atoms with Crippen molar-refractivity contribution in [3.63, 3.8) is 0 Å². The van der Waals surface area contributed by atoms with E-state index < -0.39 is 0 Å². The third-order valence-electron chi connectivity index (χ3n) is 4.03. The molecule has 2 atom stereocenters. The van der Waals surface area contributed by atoms with Crippen LogP contribution in [0, 0.1) is 5.92 Å². The molecule has 0 spiro atoms. The quantitative estimate of drug-likeness (QED) is 0.398. The summed E-state index contributed by atoms with van der Waals surface area (Å²) in [5, 5.41) is 0. The zero-order valence-corrected chi connectivity index (χ0v) is 16.5. The van der Waals surface area contributed by atoms with Gasteiger partial charge in [0.2, 0.25) is 0 Å². The molecule has 2 nitrogen and oxygen atoms in total. The molecule has 0 aliphatic heterocycles. The van der Waals surface area contributed by atoms with Crippen molar-refractivity contribution < 1.29 is 9.53 Å². The minimum absolute atomic E-state index is 0.167. The second-order valence-electron chi connectivity index (χ2n) is 6.46. The van der Waals surface area contributed by atoms with Crippen LogP contribution in [0.25, 0.3) is 0 Å². The van der Waals surface area contributed by atoms with Crippen molar-refractivity contribution in [2.75, 3.05) is 6.61 Å². The molecule has 0 aliphatic carbocycles. The Morgan fingerprint density at radius 1 is 1.08 bits per heavy atom. The van der Waals surface area contributed by atoms with Crippen LogP contribution in [0.15, 0.2) is 47.6 Å². The number of ether oxygens (including phenoxy) is 1. The van der Waals surface area contributed by atoms with Gasteiger partial charge >= 0.3 is 0 Å². The zero-order valence-electron chi connectivity index (χ0n) is 16.5. The summed E-state index contributed by atoms with van der Waals surface area (Å²) in [5.41, 5.74) is 2.15. The second-order valence-corrected chi connectivity index (χ2v) is 6.46. The Bertz CT molecular complexity index is 466. The van der Waals surface area contributed by atoms with E-state index in [9.17, 15) is 4.79 Å². The van der Waals surface area contributed by atoms with Crippen LogP contribution in [-0.2, 0) is 9.53 Å². The van der Waals surface area contributed by atoms with Gasteiger partial charge in [0, 0.05) is 6.42 Å². The Hall–Kier alpha value is -1.41. The summed E-state index contributed by atoms with van der Waals surface area (Å²) in [6.45, 7) is 12.7. The summed E-state index contributed by atoms with van der Waals surface area (Å²) in [6.07, 6.45) is 16.0. The summed E-state index contributed by atoms with van der Waals surface area (Å²) in [4.78, 5) is 12.7. The first-order chi connectivity index (χ1) is 11.5. The predicted octanol–water partition coefficient (Wildman–Crippen LogP) is 6.20. The number of allylic oxidation sites excluding steroid dienone is 7. The molecule has 0 amide bonds. The van der Waals surface area contributed by atoms with E-state index in [-0.39, 0.29) is 17.8 Å². The van der Waals surface area contributed by atoms with Crippen LogP contribution in [0.3, 0.4) is 0 Å². The van der Waals surface area contributed by atoms with E-state index in [1.165, 1.54) is 12.8 Å². The van der Waals surface area contributed by atoms with Gasteiger partial charge in [-0.1, -0.05) is 67.4 Å². The topological polar surface area (TPSA) is 26.3 Å². The van der Waals surface area contributed by atoms with Gasteiger partial charge in [0.25, 0.3) is 0 Å². The molecule has 0 heterocycles. The first-order valence-electron chi connectivity index (χ1n) is 9.18. The first kappa shape index (κ1) is 22.6. The van der Waals surface area contributed by atoms with Gasteiger partial charge in [0.15, 0.2) is 0 Å². The van der Waals surface area contributed by atoms with Gasteiger partial charge in [0.05, 0.1) is 18.6 Å². The second kappa shape index (κ2) is 14.0. The van der Waals surface area contributed by atoms with Crippen LogP contribution in [0.2, 0.25) is 0 Å². The van der Waals surface area contributed by atoms with Gasteiger partial charge in [-0.2, -0.15) is 0 Å². The van der Waals surface area contributed by atoms with Crippen molar-refractivity contribution in [1.29, 1.82) is 0 Å². The van der Waals surface area contributed by atoms with Crippen LogP contribution >= 0.6 is 0 Å². The zero-order chi connectivity index (χ0) is 18.4. The summed E-state index contributed by atoms with van der Waals surface area (Å²) < 4.78 is 5.97. The molecule has 0 saturated heterocycles. The van der Waals surface area contributed by atoms with Crippen LogP contribution in [0.4, 0.5) is 0 Å². The van der Waals surface area contributed by atoms with E-state index >= 15 is 0 Å². The largest absolute Gasteiger partial charge is 0.377 e. The van der Waals surface area contributed by atoms with Gasteiger partial charge in [-0.25, -0.2) is 0 Å². The van der Waals surface area contributed by atoms with Crippen molar-refractivity contribution in [3.8, 4) is 0 Å². The molecule has 0 aromatic rings. The lowest BCUT2D eigenvalue weighted by Crippen LogP contribution is -2.24. The average Bonchev–Trinajstić information content (AvgIpc) is 2.56. The first-order valence-corrected chi connectivity index (χ1v) is 9.18. The summed E-state index contributed by atoms with van der Waals surface area (Å²) >= 11 is 0. The van der Waals surface area contributed by atoms with Gasteiger partial charge in [0.1, 0.15) is 5.78 Å². The molecule has 0 aromatic heterocycles. The van der Waals surface area contributed by atoms with Crippen LogP contribution in [0.5, 0.6) is 0 Å². The smallest absolute Gasteiger partial charge is 0.146 e.